The molecule has 30 heavy (non-hydrogen) atoms. The van der Waals surface area contributed by atoms with Gasteiger partial charge < -0.3 is 4.74 Å². The van der Waals surface area contributed by atoms with Gasteiger partial charge in [0.1, 0.15) is 11.4 Å². The molecule has 1 aromatic heterocycles. The molecule has 6 nitrogen and oxygen atoms in total. The van der Waals surface area contributed by atoms with Crippen molar-refractivity contribution in [3.8, 4) is 17.0 Å². The highest BCUT2D eigenvalue weighted by atomic mass is 16.5. The standard InChI is InChI=1S/C24H22N4O2/c1-3-16-8-10-17(11-9-16)15-25-28-24(29)21-14-20(26-27-21)23-19-7-5-4-6-18(19)12-13-22(23)30-2/h4-15H,3H2,1-2H3,(H,26,27)(H,28,29)/b25-15+. The fourth-order valence-electron chi connectivity index (χ4n) is 3.32. The summed E-state index contributed by atoms with van der Waals surface area (Å²) in [5.41, 5.74) is 6.49. The van der Waals surface area contributed by atoms with Gasteiger partial charge in [-0.1, -0.05) is 61.5 Å². The molecule has 0 spiro atoms. The average molecular weight is 398 g/mol. The van der Waals surface area contributed by atoms with E-state index in [0.717, 1.165) is 28.3 Å². The molecule has 0 aliphatic carbocycles. The number of methoxy groups -OCH3 is 1. The Morgan fingerprint density at radius 2 is 1.93 bits per heavy atom. The number of hydrazone groups is 1. The quantitative estimate of drug-likeness (QED) is 0.369. The summed E-state index contributed by atoms with van der Waals surface area (Å²) in [6.45, 7) is 2.11. The molecular weight excluding hydrogens is 376 g/mol. The SMILES string of the molecule is CCc1ccc(/C=N/NC(=O)c2cc(-c3c(OC)ccc4ccccc34)n[nH]2)cc1. The number of nitrogens with one attached hydrogen (secondary N) is 2. The first-order chi connectivity index (χ1) is 14.7. The first-order valence-corrected chi connectivity index (χ1v) is 9.73. The van der Waals surface area contributed by atoms with E-state index in [-0.39, 0.29) is 5.91 Å². The Bertz CT molecular complexity index is 1210. The molecule has 1 amide bonds. The van der Waals surface area contributed by atoms with Crippen LogP contribution in [0.15, 0.2) is 71.8 Å². The normalized spacial score (nSPS) is 11.1. The van der Waals surface area contributed by atoms with Crippen molar-refractivity contribution in [2.45, 2.75) is 13.3 Å². The molecule has 150 valence electrons. The Morgan fingerprint density at radius 3 is 2.70 bits per heavy atom. The Balaban J connectivity index is 1.55. The van der Waals surface area contributed by atoms with Gasteiger partial charge in [-0.2, -0.15) is 10.2 Å². The molecule has 0 aliphatic rings. The number of benzene rings is 3. The van der Waals surface area contributed by atoms with Crippen LogP contribution in [0.2, 0.25) is 0 Å². The number of hydrogen-bond donors (Lipinski definition) is 2. The van der Waals surface area contributed by atoms with Gasteiger partial charge in [0.15, 0.2) is 0 Å². The summed E-state index contributed by atoms with van der Waals surface area (Å²) in [5.74, 6) is 0.329. The van der Waals surface area contributed by atoms with Crippen molar-refractivity contribution in [3.05, 3.63) is 83.6 Å². The molecule has 0 radical (unpaired) electrons. The van der Waals surface area contributed by atoms with Gasteiger partial charge >= 0.3 is 0 Å². The molecule has 0 unspecified atom stereocenters. The van der Waals surface area contributed by atoms with E-state index >= 15 is 0 Å². The van der Waals surface area contributed by atoms with Crippen LogP contribution in [0.4, 0.5) is 0 Å². The molecule has 4 rings (SSSR count). The third kappa shape index (κ3) is 3.93. The van der Waals surface area contributed by atoms with Crippen LogP contribution in [0, 0.1) is 0 Å². The lowest BCUT2D eigenvalue weighted by Gasteiger charge is -2.09. The summed E-state index contributed by atoms with van der Waals surface area (Å²) in [6.07, 6.45) is 2.60. The van der Waals surface area contributed by atoms with E-state index in [1.54, 1.807) is 19.4 Å². The highest BCUT2D eigenvalue weighted by Crippen LogP contribution is 2.36. The molecular formula is C24H22N4O2. The van der Waals surface area contributed by atoms with Crippen molar-refractivity contribution >= 4 is 22.9 Å². The van der Waals surface area contributed by atoms with Gasteiger partial charge in [-0.15, -0.1) is 0 Å². The summed E-state index contributed by atoms with van der Waals surface area (Å²) in [5, 5.41) is 13.2. The molecule has 3 aromatic carbocycles. The number of aromatic nitrogens is 2. The number of carbonyl (C=O) groups is 1. The van der Waals surface area contributed by atoms with E-state index in [9.17, 15) is 4.79 Å². The van der Waals surface area contributed by atoms with Gasteiger partial charge in [-0.3, -0.25) is 9.89 Å². The van der Waals surface area contributed by atoms with Gasteiger partial charge in [-0.25, -0.2) is 5.43 Å². The molecule has 0 saturated carbocycles. The maximum Gasteiger partial charge on any atom is 0.289 e. The van der Waals surface area contributed by atoms with Crippen molar-refractivity contribution in [3.63, 3.8) is 0 Å². The van der Waals surface area contributed by atoms with Crippen LogP contribution in [-0.4, -0.2) is 29.4 Å². The van der Waals surface area contributed by atoms with Crippen LogP contribution in [0.5, 0.6) is 5.75 Å². The largest absolute Gasteiger partial charge is 0.496 e. The molecule has 0 aliphatic heterocycles. The summed E-state index contributed by atoms with van der Waals surface area (Å²) in [6, 6.07) is 21.6. The lowest BCUT2D eigenvalue weighted by atomic mass is 10.0. The number of fused-ring (bicyclic) bond motifs is 1. The number of nitrogens with zero attached hydrogens (tertiary/aromatic N) is 2. The summed E-state index contributed by atoms with van der Waals surface area (Å²) < 4.78 is 5.53. The van der Waals surface area contributed by atoms with E-state index in [2.05, 4.69) is 27.6 Å². The molecule has 0 saturated heterocycles. The smallest absolute Gasteiger partial charge is 0.289 e. The zero-order valence-electron chi connectivity index (χ0n) is 16.8. The number of aryl methyl sites for hydroxylation is 1. The number of amides is 1. The minimum atomic E-state index is -0.366. The monoisotopic (exact) mass is 398 g/mol. The van der Waals surface area contributed by atoms with Crippen molar-refractivity contribution in [2.75, 3.05) is 7.11 Å². The molecule has 2 N–H and O–H groups in total. The fourth-order valence-corrected chi connectivity index (χ4v) is 3.32. The number of aromatic amines is 1. The first kappa shape index (κ1) is 19.4. The van der Waals surface area contributed by atoms with Crippen LogP contribution >= 0.6 is 0 Å². The number of ether oxygens (including phenoxy) is 1. The van der Waals surface area contributed by atoms with Crippen molar-refractivity contribution in [1.29, 1.82) is 0 Å². The average Bonchev–Trinajstić information content (AvgIpc) is 3.28. The van der Waals surface area contributed by atoms with Gasteiger partial charge in [0.25, 0.3) is 5.91 Å². The number of carbonyl (C=O) groups excluding carboxylic acids is 1. The van der Waals surface area contributed by atoms with Crippen LogP contribution in [0.1, 0.15) is 28.5 Å². The van der Waals surface area contributed by atoms with E-state index in [1.807, 2.05) is 60.7 Å². The van der Waals surface area contributed by atoms with Crippen LogP contribution in [0.3, 0.4) is 0 Å². The lowest BCUT2D eigenvalue weighted by molar-refractivity contribution is 0.0950. The number of hydrogen-bond acceptors (Lipinski definition) is 4. The van der Waals surface area contributed by atoms with Crippen LogP contribution in [0.25, 0.3) is 22.0 Å². The van der Waals surface area contributed by atoms with E-state index in [0.29, 0.717) is 17.1 Å². The predicted octanol–water partition coefficient (Wildman–Crippen LogP) is 4.56. The summed E-state index contributed by atoms with van der Waals surface area (Å²) >= 11 is 0. The minimum Gasteiger partial charge on any atom is -0.496 e. The molecule has 0 bridgehead atoms. The van der Waals surface area contributed by atoms with E-state index < -0.39 is 0 Å². The Kier molecular flexibility index (Phi) is 5.57. The Hall–Kier alpha value is -3.93. The lowest BCUT2D eigenvalue weighted by Crippen LogP contribution is -2.18. The fraction of sp³-hybridized carbons (Fsp3) is 0.125. The second-order valence-electron chi connectivity index (χ2n) is 6.83. The van der Waals surface area contributed by atoms with Gasteiger partial charge in [0.05, 0.1) is 24.6 Å². The zero-order chi connectivity index (χ0) is 20.9. The van der Waals surface area contributed by atoms with Crippen molar-refractivity contribution < 1.29 is 9.53 Å². The van der Waals surface area contributed by atoms with Crippen LogP contribution < -0.4 is 10.2 Å². The third-order valence-corrected chi connectivity index (χ3v) is 4.96. The first-order valence-electron chi connectivity index (χ1n) is 9.73. The zero-order valence-corrected chi connectivity index (χ0v) is 16.8. The second kappa shape index (κ2) is 8.61. The maximum absolute atomic E-state index is 12.5. The predicted molar refractivity (Wildman–Crippen MR) is 119 cm³/mol. The molecule has 1 heterocycles. The third-order valence-electron chi connectivity index (χ3n) is 4.96. The van der Waals surface area contributed by atoms with Crippen molar-refractivity contribution in [2.24, 2.45) is 5.10 Å². The van der Waals surface area contributed by atoms with Gasteiger partial charge in [0.2, 0.25) is 0 Å². The Morgan fingerprint density at radius 1 is 1.13 bits per heavy atom. The maximum atomic E-state index is 12.5. The molecule has 0 fully saturated rings. The van der Waals surface area contributed by atoms with Gasteiger partial charge in [-0.05, 0) is 40.5 Å². The summed E-state index contributed by atoms with van der Waals surface area (Å²) in [7, 11) is 1.62. The molecule has 0 atom stereocenters. The highest BCUT2D eigenvalue weighted by molar-refractivity contribution is 6.00. The summed E-state index contributed by atoms with van der Waals surface area (Å²) in [4.78, 5) is 12.5. The minimum absolute atomic E-state index is 0.318. The molecule has 6 heteroatoms. The van der Waals surface area contributed by atoms with Crippen LogP contribution in [-0.2, 0) is 6.42 Å². The van der Waals surface area contributed by atoms with E-state index in [4.69, 9.17) is 4.74 Å². The van der Waals surface area contributed by atoms with Gasteiger partial charge in [0, 0.05) is 0 Å². The van der Waals surface area contributed by atoms with Crippen molar-refractivity contribution in [1.82, 2.24) is 15.6 Å². The second-order valence-corrected chi connectivity index (χ2v) is 6.83. The number of rotatable bonds is 6. The topological polar surface area (TPSA) is 79.4 Å². The number of H-pyrrole nitrogens is 1. The van der Waals surface area contributed by atoms with E-state index in [1.165, 1.54) is 5.56 Å². The Labute approximate surface area is 174 Å². The molecule has 4 aromatic rings. The highest BCUT2D eigenvalue weighted by Gasteiger charge is 2.16.